The number of hydrogen-bond acceptors (Lipinski definition) is 4. The number of nitrogens with zero attached hydrogens (tertiary/aromatic N) is 1. The maximum atomic E-state index is 12.0. The van der Waals surface area contributed by atoms with Gasteiger partial charge >= 0.3 is 0 Å². The number of hydrogen-bond donors (Lipinski definition) is 1. The number of benzene rings is 1. The molecule has 0 spiro atoms. The number of sulfonamides is 1. The van der Waals surface area contributed by atoms with Crippen molar-refractivity contribution in [3.05, 3.63) is 45.5 Å². The van der Waals surface area contributed by atoms with Crippen molar-refractivity contribution in [2.45, 2.75) is 18.4 Å². The zero-order valence-electron chi connectivity index (χ0n) is 9.85. The van der Waals surface area contributed by atoms with Crippen LogP contribution in [0.25, 0.3) is 0 Å². The molecule has 5 nitrogen and oxygen atoms in total. The highest BCUT2D eigenvalue weighted by Crippen LogP contribution is 2.25. The minimum atomic E-state index is -3.63. The second kappa shape index (κ2) is 5.62. The first-order valence-corrected chi connectivity index (χ1v) is 7.90. The maximum absolute atomic E-state index is 12.0. The highest BCUT2D eigenvalue weighted by molar-refractivity contribution is 9.10. The SMILES string of the molecule is Cc1cnc(CNS(=O)(=O)c2ccc(Cl)c(Br)c2)o1. The van der Waals surface area contributed by atoms with Gasteiger partial charge in [0.05, 0.1) is 22.7 Å². The molecule has 1 aromatic carbocycles. The number of aromatic nitrogens is 1. The fraction of sp³-hybridized carbons (Fsp3) is 0.182. The van der Waals surface area contributed by atoms with Crippen molar-refractivity contribution < 1.29 is 12.8 Å². The first-order chi connectivity index (χ1) is 8.88. The lowest BCUT2D eigenvalue weighted by molar-refractivity contribution is 0.463. The van der Waals surface area contributed by atoms with Gasteiger partial charge in [0, 0.05) is 4.47 Å². The van der Waals surface area contributed by atoms with Gasteiger partial charge in [0.15, 0.2) is 0 Å². The van der Waals surface area contributed by atoms with Gasteiger partial charge in [-0.25, -0.2) is 18.1 Å². The van der Waals surface area contributed by atoms with Crippen LogP contribution in [0.4, 0.5) is 0 Å². The van der Waals surface area contributed by atoms with Gasteiger partial charge < -0.3 is 4.42 Å². The molecule has 0 aliphatic heterocycles. The molecule has 0 atom stereocenters. The van der Waals surface area contributed by atoms with Gasteiger partial charge in [-0.2, -0.15) is 0 Å². The van der Waals surface area contributed by atoms with E-state index in [1.165, 1.54) is 24.4 Å². The highest BCUT2D eigenvalue weighted by atomic mass is 79.9. The summed E-state index contributed by atoms with van der Waals surface area (Å²) in [6.07, 6.45) is 1.53. The first kappa shape index (κ1) is 14.5. The molecule has 0 bridgehead atoms. The van der Waals surface area contributed by atoms with E-state index in [1.807, 2.05) is 0 Å². The van der Waals surface area contributed by atoms with Crippen molar-refractivity contribution in [3.63, 3.8) is 0 Å². The van der Waals surface area contributed by atoms with Gasteiger partial charge in [0.25, 0.3) is 0 Å². The summed E-state index contributed by atoms with van der Waals surface area (Å²) in [5.41, 5.74) is 0. The zero-order chi connectivity index (χ0) is 14.0. The molecule has 0 unspecified atom stereocenters. The Labute approximate surface area is 124 Å². The Morgan fingerprint density at radius 3 is 2.79 bits per heavy atom. The smallest absolute Gasteiger partial charge is 0.241 e. The van der Waals surface area contributed by atoms with Crippen LogP contribution < -0.4 is 4.72 Å². The Morgan fingerprint density at radius 1 is 1.47 bits per heavy atom. The van der Waals surface area contributed by atoms with E-state index in [4.69, 9.17) is 16.0 Å². The van der Waals surface area contributed by atoms with E-state index in [9.17, 15) is 8.42 Å². The number of aryl methyl sites for hydroxylation is 1. The second-order valence-corrected chi connectivity index (χ2v) is 6.79. The molecule has 19 heavy (non-hydrogen) atoms. The third kappa shape index (κ3) is 3.56. The Hall–Kier alpha value is -0.890. The summed E-state index contributed by atoms with van der Waals surface area (Å²) in [5, 5.41) is 0.447. The van der Waals surface area contributed by atoms with Crippen LogP contribution in [-0.4, -0.2) is 13.4 Å². The lowest BCUT2D eigenvalue weighted by Crippen LogP contribution is -2.23. The van der Waals surface area contributed by atoms with Crippen molar-refractivity contribution >= 4 is 37.6 Å². The average molecular weight is 366 g/mol. The van der Waals surface area contributed by atoms with Crippen molar-refractivity contribution in [2.75, 3.05) is 0 Å². The van der Waals surface area contributed by atoms with E-state index in [0.717, 1.165) is 0 Å². The summed E-state index contributed by atoms with van der Waals surface area (Å²) >= 11 is 9.00. The number of halogens is 2. The Kier molecular flexibility index (Phi) is 4.29. The molecule has 0 fully saturated rings. The molecule has 2 rings (SSSR count). The third-order valence-corrected chi connectivity index (χ3v) is 4.90. The number of nitrogens with one attached hydrogen (secondary N) is 1. The van der Waals surface area contributed by atoms with Gasteiger partial charge in [0.1, 0.15) is 5.76 Å². The van der Waals surface area contributed by atoms with Crippen molar-refractivity contribution in [3.8, 4) is 0 Å². The molecule has 1 N–H and O–H groups in total. The molecule has 0 aliphatic carbocycles. The van der Waals surface area contributed by atoms with Crippen molar-refractivity contribution in [1.29, 1.82) is 0 Å². The van der Waals surface area contributed by atoms with E-state index >= 15 is 0 Å². The molecule has 1 heterocycles. The minimum absolute atomic E-state index is 0.00355. The van der Waals surface area contributed by atoms with E-state index in [1.54, 1.807) is 6.92 Å². The summed E-state index contributed by atoms with van der Waals surface area (Å²) in [6, 6.07) is 4.37. The van der Waals surface area contributed by atoms with Crippen LogP contribution in [0.15, 0.2) is 38.2 Å². The minimum Gasteiger partial charge on any atom is -0.445 e. The molecular weight excluding hydrogens is 356 g/mol. The zero-order valence-corrected chi connectivity index (χ0v) is 13.0. The predicted octanol–water partition coefficient (Wildman–Crippen LogP) is 2.88. The molecule has 2 aromatic rings. The summed E-state index contributed by atoms with van der Waals surface area (Å²) < 4.78 is 32.2. The summed E-state index contributed by atoms with van der Waals surface area (Å²) in [5.74, 6) is 0.942. The van der Waals surface area contributed by atoms with E-state index in [2.05, 4.69) is 25.6 Å². The van der Waals surface area contributed by atoms with Gasteiger partial charge in [-0.15, -0.1) is 0 Å². The molecule has 0 radical (unpaired) electrons. The lowest BCUT2D eigenvalue weighted by Gasteiger charge is -2.06. The Bertz CT molecular complexity index is 700. The first-order valence-electron chi connectivity index (χ1n) is 5.24. The fourth-order valence-corrected chi connectivity index (χ4v) is 3.02. The molecule has 0 aliphatic rings. The van der Waals surface area contributed by atoms with E-state index in [0.29, 0.717) is 21.1 Å². The fourth-order valence-electron chi connectivity index (χ4n) is 1.37. The molecule has 102 valence electrons. The summed E-state index contributed by atoms with van der Waals surface area (Å²) in [6.45, 7) is 1.73. The van der Waals surface area contributed by atoms with Crippen LogP contribution in [0.1, 0.15) is 11.7 Å². The monoisotopic (exact) mass is 364 g/mol. The Morgan fingerprint density at radius 2 is 2.21 bits per heavy atom. The largest absolute Gasteiger partial charge is 0.445 e. The highest BCUT2D eigenvalue weighted by Gasteiger charge is 2.16. The van der Waals surface area contributed by atoms with Gasteiger partial charge in [-0.1, -0.05) is 11.6 Å². The summed E-state index contributed by atoms with van der Waals surface area (Å²) in [4.78, 5) is 4.04. The molecule has 0 saturated heterocycles. The third-order valence-electron chi connectivity index (χ3n) is 2.28. The lowest BCUT2D eigenvalue weighted by atomic mass is 10.4. The van der Waals surface area contributed by atoms with Crippen molar-refractivity contribution in [2.24, 2.45) is 0 Å². The van der Waals surface area contributed by atoms with Crippen LogP contribution in [0.5, 0.6) is 0 Å². The van der Waals surface area contributed by atoms with Crippen molar-refractivity contribution in [1.82, 2.24) is 9.71 Å². The predicted molar refractivity (Wildman–Crippen MR) is 74.4 cm³/mol. The second-order valence-electron chi connectivity index (χ2n) is 3.77. The quantitative estimate of drug-likeness (QED) is 0.904. The van der Waals surface area contributed by atoms with Gasteiger partial charge in [0.2, 0.25) is 15.9 Å². The summed E-state index contributed by atoms with van der Waals surface area (Å²) in [7, 11) is -3.63. The Balaban J connectivity index is 2.16. The molecular formula is C11H10BrClN2O3S. The molecule has 1 aromatic heterocycles. The normalized spacial score (nSPS) is 11.7. The molecule has 0 saturated carbocycles. The van der Waals surface area contributed by atoms with E-state index in [-0.39, 0.29) is 11.4 Å². The molecule has 0 amide bonds. The standard InChI is InChI=1S/C11H10BrClN2O3S/c1-7-5-14-11(18-7)6-15-19(16,17)8-2-3-10(13)9(12)4-8/h2-5,15H,6H2,1H3. The van der Waals surface area contributed by atoms with Gasteiger partial charge in [-0.05, 0) is 41.1 Å². The number of oxazole rings is 1. The van der Waals surface area contributed by atoms with Crippen LogP contribution >= 0.6 is 27.5 Å². The average Bonchev–Trinajstić information content (AvgIpc) is 2.76. The van der Waals surface area contributed by atoms with Crippen LogP contribution in [0.2, 0.25) is 5.02 Å². The van der Waals surface area contributed by atoms with E-state index < -0.39 is 10.0 Å². The molecule has 8 heteroatoms. The van der Waals surface area contributed by atoms with Crippen LogP contribution in [0, 0.1) is 6.92 Å². The van der Waals surface area contributed by atoms with Crippen LogP contribution in [0.3, 0.4) is 0 Å². The number of rotatable bonds is 4. The topological polar surface area (TPSA) is 72.2 Å². The van der Waals surface area contributed by atoms with Crippen LogP contribution in [-0.2, 0) is 16.6 Å². The maximum Gasteiger partial charge on any atom is 0.241 e. The van der Waals surface area contributed by atoms with Gasteiger partial charge in [-0.3, -0.25) is 0 Å².